The predicted molar refractivity (Wildman–Crippen MR) is 33.8 cm³/mol. The zero-order chi connectivity index (χ0) is 5.54. The van der Waals surface area contributed by atoms with Crippen LogP contribution in [0.5, 0.6) is 0 Å². The van der Waals surface area contributed by atoms with Gasteiger partial charge in [-0.3, -0.25) is 4.99 Å². The Bertz CT molecular complexity index is 64.6. The van der Waals surface area contributed by atoms with Crippen LogP contribution in [0.2, 0.25) is 0 Å². The molecule has 0 saturated carbocycles. The van der Waals surface area contributed by atoms with Gasteiger partial charge in [-0.1, -0.05) is 6.08 Å². The van der Waals surface area contributed by atoms with E-state index in [4.69, 9.17) is 0 Å². The van der Waals surface area contributed by atoms with E-state index in [2.05, 4.69) is 11.6 Å². The summed E-state index contributed by atoms with van der Waals surface area (Å²) in [5.74, 6) is 0. The van der Waals surface area contributed by atoms with Crippen molar-refractivity contribution in [2.45, 2.75) is 13.3 Å². The molecule has 0 N–H and O–H groups in total. The van der Waals surface area contributed by atoms with Crippen LogP contribution in [-0.2, 0) is 0 Å². The number of nitrogens with zero attached hydrogens (tertiary/aromatic N) is 1. The summed E-state index contributed by atoms with van der Waals surface area (Å²) in [6.45, 7) is 6.37. The van der Waals surface area contributed by atoms with Crippen molar-refractivity contribution in [2.24, 2.45) is 4.99 Å². The molecular formula is C6H11N. The number of aliphatic imine (C=N–C) groups is 1. The van der Waals surface area contributed by atoms with Gasteiger partial charge in [0, 0.05) is 6.54 Å². The van der Waals surface area contributed by atoms with E-state index in [1.165, 1.54) is 0 Å². The van der Waals surface area contributed by atoms with Crippen molar-refractivity contribution in [2.75, 3.05) is 6.54 Å². The Morgan fingerprint density at radius 2 is 2.43 bits per heavy atom. The Kier molecular flexibility index (Phi) is 4.95. The average molecular weight is 97.2 g/mol. The summed E-state index contributed by atoms with van der Waals surface area (Å²) >= 11 is 0. The summed E-state index contributed by atoms with van der Waals surface area (Å²) < 4.78 is 0. The second kappa shape index (κ2) is 5.41. The van der Waals surface area contributed by atoms with E-state index in [-0.39, 0.29) is 0 Å². The lowest BCUT2D eigenvalue weighted by molar-refractivity contribution is 1.01. The molecule has 0 aliphatic heterocycles. The first-order chi connectivity index (χ1) is 3.41. The summed E-state index contributed by atoms with van der Waals surface area (Å²) in [6.07, 6.45) is 4.67. The van der Waals surface area contributed by atoms with Gasteiger partial charge < -0.3 is 0 Å². The summed E-state index contributed by atoms with van der Waals surface area (Å²) in [6, 6.07) is 0. The van der Waals surface area contributed by atoms with Gasteiger partial charge in [0.05, 0.1) is 0 Å². The average Bonchev–Trinajstić information content (AvgIpc) is 1.69. The van der Waals surface area contributed by atoms with Crippen LogP contribution in [0.4, 0.5) is 0 Å². The van der Waals surface area contributed by atoms with Gasteiger partial charge in [0.15, 0.2) is 0 Å². The quantitative estimate of drug-likeness (QED) is 0.288. The fraction of sp³-hybridized carbons (Fsp3) is 0.500. The number of hydrogen-bond donors (Lipinski definition) is 0. The molecule has 0 aromatic carbocycles. The third-order valence-electron chi connectivity index (χ3n) is 0.645. The molecule has 0 radical (unpaired) electrons. The maximum atomic E-state index is 3.97. The van der Waals surface area contributed by atoms with Gasteiger partial charge in [0.25, 0.3) is 0 Å². The summed E-state index contributed by atoms with van der Waals surface area (Å²) in [7, 11) is 0. The monoisotopic (exact) mass is 97.1 g/mol. The highest BCUT2D eigenvalue weighted by Gasteiger charge is 1.68. The molecule has 0 aliphatic rings. The van der Waals surface area contributed by atoms with Crippen LogP contribution in [0.15, 0.2) is 17.6 Å². The Labute approximate surface area is 44.8 Å². The van der Waals surface area contributed by atoms with E-state index in [0.717, 1.165) is 13.0 Å². The molecule has 0 atom stereocenters. The third kappa shape index (κ3) is 5.41. The van der Waals surface area contributed by atoms with E-state index in [1.807, 2.05) is 19.2 Å². The maximum Gasteiger partial charge on any atom is 0.0419 e. The first-order valence-corrected chi connectivity index (χ1v) is 2.47. The van der Waals surface area contributed by atoms with Gasteiger partial charge in [0.2, 0.25) is 0 Å². The molecule has 40 valence electrons. The van der Waals surface area contributed by atoms with Gasteiger partial charge in [-0.15, -0.1) is 6.58 Å². The maximum absolute atomic E-state index is 3.97. The first kappa shape index (κ1) is 6.41. The predicted octanol–water partition coefficient (Wildman–Crippen LogP) is 1.65. The lowest BCUT2D eigenvalue weighted by Crippen LogP contribution is -1.73. The van der Waals surface area contributed by atoms with E-state index < -0.39 is 0 Å². The molecule has 0 unspecified atom stereocenters. The van der Waals surface area contributed by atoms with Crippen LogP contribution in [-0.4, -0.2) is 12.8 Å². The second-order valence-electron chi connectivity index (χ2n) is 1.24. The van der Waals surface area contributed by atoms with Gasteiger partial charge in [-0.2, -0.15) is 0 Å². The van der Waals surface area contributed by atoms with Crippen molar-refractivity contribution >= 4 is 6.21 Å². The van der Waals surface area contributed by atoms with Crippen molar-refractivity contribution in [3.05, 3.63) is 12.7 Å². The highest BCUT2D eigenvalue weighted by atomic mass is 14.7. The molecule has 7 heavy (non-hydrogen) atoms. The summed E-state index contributed by atoms with van der Waals surface area (Å²) in [5.41, 5.74) is 0. The van der Waals surface area contributed by atoms with Crippen molar-refractivity contribution < 1.29 is 0 Å². The zero-order valence-corrected chi connectivity index (χ0v) is 4.72. The van der Waals surface area contributed by atoms with E-state index in [9.17, 15) is 0 Å². The van der Waals surface area contributed by atoms with Crippen LogP contribution >= 0.6 is 0 Å². The second-order valence-corrected chi connectivity index (χ2v) is 1.24. The molecule has 0 heterocycles. The molecule has 1 nitrogen and oxygen atoms in total. The van der Waals surface area contributed by atoms with Crippen molar-refractivity contribution in [3.8, 4) is 0 Å². The zero-order valence-electron chi connectivity index (χ0n) is 4.72. The first-order valence-electron chi connectivity index (χ1n) is 2.47. The van der Waals surface area contributed by atoms with Crippen molar-refractivity contribution in [1.29, 1.82) is 0 Å². The molecule has 0 bridgehead atoms. The highest BCUT2D eigenvalue weighted by molar-refractivity contribution is 5.53. The van der Waals surface area contributed by atoms with E-state index in [0.29, 0.717) is 0 Å². The largest absolute Gasteiger partial charge is 0.298 e. The van der Waals surface area contributed by atoms with E-state index in [1.54, 1.807) is 0 Å². The molecular weight excluding hydrogens is 86.1 g/mol. The van der Waals surface area contributed by atoms with Gasteiger partial charge in [-0.05, 0) is 19.6 Å². The van der Waals surface area contributed by atoms with Crippen LogP contribution < -0.4 is 0 Å². The minimum absolute atomic E-state index is 0.889. The van der Waals surface area contributed by atoms with Crippen LogP contribution in [0.1, 0.15) is 13.3 Å². The Hall–Kier alpha value is -0.590. The van der Waals surface area contributed by atoms with Crippen molar-refractivity contribution in [3.63, 3.8) is 0 Å². The number of rotatable bonds is 3. The molecule has 0 saturated heterocycles. The standard InChI is InChI=1S/C6H11N/c1-3-5-6-7-4-2/h3-4H,1,5-6H2,2H3/b7-4+. The Balaban J connectivity index is 2.82. The fourth-order valence-electron chi connectivity index (χ4n) is 0.295. The molecule has 0 amide bonds. The molecule has 1 heteroatoms. The highest BCUT2D eigenvalue weighted by Crippen LogP contribution is 1.77. The van der Waals surface area contributed by atoms with E-state index >= 15 is 0 Å². The summed E-state index contributed by atoms with van der Waals surface area (Å²) in [5, 5.41) is 0. The van der Waals surface area contributed by atoms with Gasteiger partial charge in [-0.25, -0.2) is 0 Å². The van der Waals surface area contributed by atoms with Crippen molar-refractivity contribution in [1.82, 2.24) is 0 Å². The minimum Gasteiger partial charge on any atom is -0.298 e. The molecule has 0 spiro atoms. The van der Waals surface area contributed by atoms with Gasteiger partial charge >= 0.3 is 0 Å². The van der Waals surface area contributed by atoms with Crippen LogP contribution in [0, 0.1) is 0 Å². The Morgan fingerprint density at radius 3 is 2.86 bits per heavy atom. The number of hydrogen-bond acceptors (Lipinski definition) is 1. The molecule has 0 fully saturated rings. The third-order valence-corrected chi connectivity index (χ3v) is 0.645. The molecule has 0 rings (SSSR count). The molecule has 0 aromatic heterocycles. The topological polar surface area (TPSA) is 12.4 Å². The summed E-state index contributed by atoms with van der Waals surface area (Å²) in [4.78, 5) is 3.97. The SMILES string of the molecule is C=CCC/N=C/C. The Morgan fingerprint density at radius 1 is 1.71 bits per heavy atom. The smallest absolute Gasteiger partial charge is 0.0419 e. The normalized spacial score (nSPS) is 9.86. The lowest BCUT2D eigenvalue weighted by Gasteiger charge is -1.80. The minimum atomic E-state index is 0.889. The van der Waals surface area contributed by atoms with Gasteiger partial charge in [0.1, 0.15) is 0 Å². The van der Waals surface area contributed by atoms with Crippen LogP contribution in [0.3, 0.4) is 0 Å². The lowest BCUT2D eigenvalue weighted by atomic mass is 10.4. The fourth-order valence-corrected chi connectivity index (χ4v) is 0.295. The molecule has 0 aliphatic carbocycles. The molecule has 0 aromatic rings. The van der Waals surface area contributed by atoms with Crippen LogP contribution in [0.25, 0.3) is 0 Å².